The molecule has 0 saturated heterocycles. The van der Waals surface area contributed by atoms with Crippen LogP contribution in [0.4, 0.5) is 16.0 Å². The van der Waals surface area contributed by atoms with Crippen LogP contribution in [-0.4, -0.2) is 27.1 Å². The Morgan fingerprint density at radius 1 is 1.21 bits per heavy atom. The molecule has 11 nitrogen and oxygen atoms in total. The van der Waals surface area contributed by atoms with E-state index < -0.39 is 27.8 Å². The summed E-state index contributed by atoms with van der Waals surface area (Å²) in [5.41, 5.74) is 1.29. The molecule has 1 heterocycles. The largest absolute Gasteiger partial charge is 0.422 e. The number of nitro groups is 1. The highest BCUT2D eigenvalue weighted by Crippen LogP contribution is 2.26. The number of nitrogens with zero attached hydrogens (tertiary/aromatic N) is 4. The number of carbonyl (C=O) groups excluding carboxylic acids is 1. The predicted octanol–water partition coefficient (Wildman–Crippen LogP) is 4.67. The van der Waals surface area contributed by atoms with Crippen LogP contribution in [0.1, 0.15) is 21.5 Å². The number of nitro benzene ring substituents is 1. The van der Waals surface area contributed by atoms with Gasteiger partial charge in [0.15, 0.2) is 0 Å². The molecule has 0 aliphatic heterocycles. The van der Waals surface area contributed by atoms with E-state index in [0.717, 1.165) is 30.5 Å². The molecule has 0 aliphatic rings. The van der Waals surface area contributed by atoms with Gasteiger partial charge < -0.3 is 4.74 Å². The Balaban J connectivity index is 1.66. The van der Waals surface area contributed by atoms with Crippen LogP contribution in [0, 0.1) is 27.3 Å². The zero-order valence-corrected chi connectivity index (χ0v) is 19.8. The summed E-state index contributed by atoms with van der Waals surface area (Å²) < 4.78 is 19.4. The summed E-state index contributed by atoms with van der Waals surface area (Å²) in [6, 6.07) is 17.3. The second kappa shape index (κ2) is 11.1. The maximum Gasteiger partial charge on any atom is 0.348 e. The molecule has 0 spiro atoms. The van der Waals surface area contributed by atoms with Gasteiger partial charge in [-0.25, -0.2) is 19.6 Å². The molecule has 0 amide bonds. The molecule has 0 radical (unpaired) electrons. The first-order chi connectivity index (χ1) is 18.3. The SMILES string of the molecule is N#Cc1c(-c2ccccc2)nc(NN=Cc2cc([N+](=O)[O-])ccc2OC(=O)c2c(F)cccc2Cl)[nH]c1=O. The number of aromatic amines is 1. The highest BCUT2D eigenvalue weighted by molar-refractivity contribution is 6.33. The first-order valence-corrected chi connectivity index (χ1v) is 11.0. The van der Waals surface area contributed by atoms with Crippen LogP contribution in [0.25, 0.3) is 11.3 Å². The molecular weight excluding hydrogens is 519 g/mol. The predicted molar refractivity (Wildman–Crippen MR) is 136 cm³/mol. The minimum atomic E-state index is -1.13. The van der Waals surface area contributed by atoms with Crippen molar-refractivity contribution in [3.63, 3.8) is 0 Å². The molecule has 0 fully saturated rings. The van der Waals surface area contributed by atoms with Crippen LogP contribution in [0.15, 0.2) is 76.6 Å². The van der Waals surface area contributed by atoms with Crippen LogP contribution in [0.5, 0.6) is 5.75 Å². The number of H-pyrrole nitrogens is 1. The van der Waals surface area contributed by atoms with E-state index in [1.165, 1.54) is 12.1 Å². The lowest BCUT2D eigenvalue weighted by Crippen LogP contribution is -2.16. The topological polar surface area (TPSA) is 163 Å². The third-order valence-electron chi connectivity index (χ3n) is 5.03. The Bertz CT molecular complexity index is 1660. The van der Waals surface area contributed by atoms with E-state index >= 15 is 0 Å². The van der Waals surface area contributed by atoms with Crippen LogP contribution in [0.3, 0.4) is 0 Å². The number of hydrogen-bond donors (Lipinski definition) is 2. The summed E-state index contributed by atoms with van der Waals surface area (Å²) in [6.07, 6.45) is 1.07. The number of nitriles is 1. The molecule has 2 N–H and O–H groups in total. The van der Waals surface area contributed by atoms with Gasteiger partial charge in [-0.05, 0) is 18.2 Å². The van der Waals surface area contributed by atoms with Crippen molar-refractivity contribution >= 4 is 35.4 Å². The molecule has 0 atom stereocenters. The van der Waals surface area contributed by atoms with Gasteiger partial charge in [-0.2, -0.15) is 10.4 Å². The molecule has 13 heteroatoms. The van der Waals surface area contributed by atoms with Gasteiger partial charge in [0.05, 0.1) is 21.9 Å². The fourth-order valence-electron chi connectivity index (χ4n) is 3.28. The number of aromatic nitrogens is 2. The second-order valence-electron chi connectivity index (χ2n) is 7.45. The van der Waals surface area contributed by atoms with E-state index in [1.54, 1.807) is 30.3 Å². The normalized spacial score (nSPS) is 10.7. The van der Waals surface area contributed by atoms with Crippen LogP contribution in [0.2, 0.25) is 5.02 Å². The van der Waals surface area contributed by atoms with Crippen molar-refractivity contribution in [2.75, 3.05) is 5.43 Å². The lowest BCUT2D eigenvalue weighted by molar-refractivity contribution is -0.384. The summed E-state index contributed by atoms with van der Waals surface area (Å²) in [5, 5.41) is 24.4. The smallest absolute Gasteiger partial charge is 0.348 e. The van der Waals surface area contributed by atoms with E-state index in [1.807, 2.05) is 6.07 Å². The molecule has 4 aromatic rings. The molecular formula is C25H14ClFN6O5. The number of carbonyl (C=O) groups is 1. The van der Waals surface area contributed by atoms with Crippen molar-refractivity contribution in [1.82, 2.24) is 9.97 Å². The lowest BCUT2D eigenvalue weighted by Gasteiger charge is -2.09. The van der Waals surface area contributed by atoms with E-state index in [4.69, 9.17) is 16.3 Å². The summed E-state index contributed by atoms with van der Waals surface area (Å²) in [6.45, 7) is 0. The molecule has 188 valence electrons. The van der Waals surface area contributed by atoms with Gasteiger partial charge in [0.1, 0.15) is 28.8 Å². The van der Waals surface area contributed by atoms with Crippen molar-refractivity contribution < 1.29 is 18.8 Å². The summed E-state index contributed by atoms with van der Waals surface area (Å²) >= 11 is 5.92. The minimum Gasteiger partial charge on any atom is -0.422 e. The van der Waals surface area contributed by atoms with E-state index in [9.17, 15) is 29.4 Å². The molecule has 4 rings (SSSR count). The number of halogens is 2. The van der Waals surface area contributed by atoms with Gasteiger partial charge in [-0.3, -0.25) is 19.9 Å². The number of rotatable bonds is 7. The van der Waals surface area contributed by atoms with Crippen LogP contribution < -0.4 is 15.7 Å². The number of hydrogen-bond acceptors (Lipinski definition) is 9. The number of ether oxygens (including phenoxy) is 1. The third-order valence-corrected chi connectivity index (χ3v) is 5.34. The van der Waals surface area contributed by atoms with E-state index in [-0.39, 0.29) is 39.2 Å². The van der Waals surface area contributed by atoms with Crippen molar-refractivity contribution in [1.29, 1.82) is 5.26 Å². The average Bonchev–Trinajstić information content (AvgIpc) is 2.89. The summed E-state index contributed by atoms with van der Waals surface area (Å²) in [7, 11) is 0. The van der Waals surface area contributed by atoms with Gasteiger partial charge in [-0.15, -0.1) is 0 Å². The fraction of sp³-hybridized carbons (Fsp3) is 0. The first-order valence-electron chi connectivity index (χ1n) is 10.6. The second-order valence-corrected chi connectivity index (χ2v) is 7.86. The first kappa shape index (κ1) is 25.7. The molecule has 0 saturated carbocycles. The lowest BCUT2D eigenvalue weighted by atomic mass is 10.1. The number of esters is 1. The molecule has 0 bridgehead atoms. The Labute approximate surface area is 218 Å². The minimum absolute atomic E-state index is 0.0354. The molecule has 38 heavy (non-hydrogen) atoms. The Kier molecular flexibility index (Phi) is 7.50. The fourth-order valence-corrected chi connectivity index (χ4v) is 3.52. The highest BCUT2D eigenvalue weighted by Gasteiger charge is 2.20. The number of benzene rings is 3. The number of nitrogens with one attached hydrogen (secondary N) is 2. The van der Waals surface area contributed by atoms with Gasteiger partial charge in [0, 0.05) is 23.3 Å². The zero-order chi connectivity index (χ0) is 27.2. The maximum absolute atomic E-state index is 14.1. The number of anilines is 1. The molecule has 0 aliphatic carbocycles. The molecule has 0 unspecified atom stereocenters. The van der Waals surface area contributed by atoms with Crippen molar-refractivity contribution in [3.05, 3.63) is 115 Å². The summed E-state index contributed by atoms with van der Waals surface area (Å²) in [5.74, 6) is -2.36. The van der Waals surface area contributed by atoms with Crippen molar-refractivity contribution in [2.45, 2.75) is 0 Å². The Morgan fingerprint density at radius 2 is 1.97 bits per heavy atom. The van der Waals surface area contributed by atoms with E-state index in [2.05, 4.69) is 20.5 Å². The monoisotopic (exact) mass is 532 g/mol. The Morgan fingerprint density at radius 3 is 2.66 bits per heavy atom. The number of non-ortho nitro benzene ring substituents is 1. The van der Waals surface area contributed by atoms with Crippen LogP contribution >= 0.6 is 11.6 Å². The zero-order valence-electron chi connectivity index (χ0n) is 19.0. The maximum atomic E-state index is 14.1. The molecule has 1 aromatic heterocycles. The quantitative estimate of drug-likeness (QED) is 0.114. The standard InChI is InChI=1S/C25H14ClFN6O5/c26-18-7-4-8-19(27)21(18)24(35)38-20-10-9-16(33(36)37)11-15(20)13-29-32-25-30-22(14-5-2-1-3-6-14)17(12-28)23(34)31-25/h1-11,13H,(H2,30,31,32,34). The Hall–Kier alpha value is -5.41. The van der Waals surface area contributed by atoms with Crippen molar-refractivity contribution in [3.8, 4) is 23.1 Å². The van der Waals surface area contributed by atoms with Gasteiger partial charge in [-0.1, -0.05) is 48.0 Å². The van der Waals surface area contributed by atoms with Gasteiger partial charge in [0.25, 0.3) is 11.2 Å². The van der Waals surface area contributed by atoms with Crippen LogP contribution in [-0.2, 0) is 0 Å². The number of hydrazone groups is 1. The van der Waals surface area contributed by atoms with Gasteiger partial charge >= 0.3 is 5.97 Å². The highest BCUT2D eigenvalue weighted by atomic mass is 35.5. The van der Waals surface area contributed by atoms with E-state index in [0.29, 0.717) is 5.56 Å². The van der Waals surface area contributed by atoms with Crippen molar-refractivity contribution in [2.24, 2.45) is 5.10 Å². The molecule has 3 aromatic carbocycles. The summed E-state index contributed by atoms with van der Waals surface area (Å²) in [4.78, 5) is 42.2. The average molecular weight is 533 g/mol. The van der Waals surface area contributed by atoms with Gasteiger partial charge in [0.2, 0.25) is 5.95 Å². The third kappa shape index (κ3) is 5.53.